The zero-order valence-corrected chi connectivity index (χ0v) is 14.2. The van der Waals surface area contributed by atoms with Gasteiger partial charge in [0.2, 0.25) is 0 Å². The third-order valence-corrected chi connectivity index (χ3v) is 3.97. The fraction of sp³-hybridized carbons (Fsp3) is 0.167. The molecule has 0 spiro atoms. The molecule has 26 heavy (non-hydrogen) atoms. The smallest absolute Gasteiger partial charge is 0.331 e. The molecule has 2 heterocycles. The fourth-order valence-corrected chi connectivity index (χ4v) is 2.45. The third-order valence-electron chi connectivity index (χ3n) is 3.97. The minimum absolute atomic E-state index is 0.0385. The van der Waals surface area contributed by atoms with Crippen LogP contribution in [0.2, 0.25) is 0 Å². The lowest BCUT2D eigenvalue weighted by Crippen LogP contribution is -2.41. The van der Waals surface area contributed by atoms with Crippen molar-refractivity contribution in [3.05, 3.63) is 80.6 Å². The molecule has 0 saturated carbocycles. The van der Waals surface area contributed by atoms with Gasteiger partial charge in [-0.25, -0.2) is 9.18 Å². The van der Waals surface area contributed by atoms with Crippen LogP contribution in [0.25, 0.3) is 11.3 Å². The van der Waals surface area contributed by atoms with Crippen molar-refractivity contribution in [3.63, 3.8) is 0 Å². The Labute approximate surface area is 147 Å². The van der Waals surface area contributed by atoms with E-state index in [0.717, 1.165) is 15.2 Å². The second-order valence-corrected chi connectivity index (χ2v) is 5.72. The van der Waals surface area contributed by atoms with E-state index >= 15 is 0 Å². The molecule has 7 nitrogen and oxygen atoms in total. The number of aromatic nitrogens is 2. The molecule has 8 heteroatoms. The molecule has 134 valence electrons. The SMILES string of the molecule is Cn1c(C(=O)NCc2ccc(-c3ccc(F)cc3)o2)cc(=O)n(C)c1=O. The largest absolute Gasteiger partial charge is 0.459 e. The van der Waals surface area contributed by atoms with Crippen LogP contribution in [-0.4, -0.2) is 15.0 Å². The number of nitrogens with one attached hydrogen (secondary N) is 1. The maximum atomic E-state index is 13.0. The molecule has 3 aromatic rings. The summed E-state index contributed by atoms with van der Waals surface area (Å²) in [7, 11) is 2.75. The molecule has 1 amide bonds. The van der Waals surface area contributed by atoms with Gasteiger partial charge in [-0.3, -0.25) is 18.7 Å². The van der Waals surface area contributed by atoms with Gasteiger partial charge in [-0.1, -0.05) is 0 Å². The first kappa shape index (κ1) is 17.4. The Kier molecular flexibility index (Phi) is 4.57. The van der Waals surface area contributed by atoms with Gasteiger partial charge >= 0.3 is 5.69 Å². The van der Waals surface area contributed by atoms with E-state index in [-0.39, 0.29) is 18.1 Å². The minimum atomic E-state index is -0.584. The minimum Gasteiger partial charge on any atom is -0.459 e. The average Bonchev–Trinajstić information content (AvgIpc) is 3.10. The molecule has 0 unspecified atom stereocenters. The molecule has 0 aliphatic rings. The summed E-state index contributed by atoms with van der Waals surface area (Å²) in [5.74, 6) is 0.108. The number of carbonyl (C=O) groups excluding carboxylic acids is 1. The number of rotatable bonds is 4. The molecule has 1 aromatic carbocycles. The van der Waals surface area contributed by atoms with Gasteiger partial charge in [-0.15, -0.1) is 0 Å². The number of furan rings is 1. The summed E-state index contributed by atoms with van der Waals surface area (Å²) in [5, 5.41) is 2.60. The molecule has 0 aliphatic heterocycles. The summed E-state index contributed by atoms with van der Waals surface area (Å²) in [5.41, 5.74) is -0.476. The van der Waals surface area contributed by atoms with Crippen LogP contribution in [0, 0.1) is 5.82 Å². The number of amides is 1. The van der Waals surface area contributed by atoms with Crippen molar-refractivity contribution in [2.75, 3.05) is 0 Å². The summed E-state index contributed by atoms with van der Waals surface area (Å²) in [6, 6.07) is 10.3. The topological polar surface area (TPSA) is 86.2 Å². The van der Waals surface area contributed by atoms with Crippen LogP contribution in [0.3, 0.4) is 0 Å². The predicted molar refractivity (Wildman–Crippen MR) is 92.2 cm³/mol. The van der Waals surface area contributed by atoms with Crippen molar-refractivity contribution < 1.29 is 13.6 Å². The Hall–Kier alpha value is -3.42. The predicted octanol–water partition coefficient (Wildman–Crippen LogP) is 1.41. The summed E-state index contributed by atoms with van der Waals surface area (Å²) in [6.45, 7) is 0.0728. The summed E-state index contributed by atoms with van der Waals surface area (Å²) in [6.07, 6.45) is 0. The van der Waals surface area contributed by atoms with Crippen LogP contribution >= 0.6 is 0 Å². The first-order valence-electron chi connectivity index (χ1n) is 7.76. The van der Waals surface area contributed by atoms with Crippen molar-refractivity contribution in [2.45, 2.75) is 6.54 Å². The molecule has 2 aromatic heterocycles. The second-order valence-electron chi connectivity index (χ2n) is 5.72. The quantitative estimate of drug-likeness (QED) is 0.765. The Morgan fingerprint density at radius 2 is 1.77 bits per heavy atom. The Bertz CT molecular complexity index is 1080. The summed E-state index contributed by atoms with van der Waals surface area (Å²) in [4.78, 5) is 35.8. The molecule has 0 aliphatic carbocycles. The third kappa shape index (κ3) is 3.34. The van der Waals surface area contributed by atoms with E-state index in [1.165, 1.54) is 26.2 Å². The fourth-order valence-electron chi connectivity index (χ4n) is 2.45. The van der Waals surface area contributed by atoms with E-state index in [0.29, 0.717) is 17.1 Å². The molecular weight excluding hydrogens is 341 g/mol. The van der Waals surface area contributed by atoms with Crippen LogP contribution in [0.4, 0.5) is 4.39 Å². The number of benzene rings is 1. The Morgan fingerprint density at radius 3 is 2.46 bits per heavy atom. The number of hydrogen-bond acceptors (Lipinski definition) is 4. The first-order chi connectivity index (χ1) is 12.4. The Balaban J connectivity index is 1.74. The van der Waals surface area contributed by atoms with E-state index < -0.39 is 17.2 Å². The monoisotopic (exact) mass is 357 g/mol. The maximum Gasteiger partial charge on any atom is 0.331 e. The number of nitrogens with zero attached hydrogens (tertiary/aromatic N) is 2. The lowest BCUT2D eigenvalue weighted by Gasteiger charge is -2.09. The zero-order valence-electron chi connectivity index (χ0n) is 14.2. The molecule has 0 atom stereocenters. The van der Waals surface area contributed by atoms with Crippen molar-refractivity contribution in [3.8, 4) is 11.3 Å². The molecule has 0 radical (unpaired) electrons. The second kappa shape index (κ2) is 6.83. The first-order valence-corrected chi connectivity index (χ1v) is 7.76. The average molecular weight is 357 g/mol. The molecule has 0 fully saturated rings. The van der Waals surface area contributed by atoms with Gasteiger partial charge in [0.1, 0.15) is 23.0 Å². The highest BCUT2D eigenvalue weighted by molar-refractivity contribution is 5.92. The van der Waals surface area contributed by atoms with Gasteiger partial charge in [-0.05, 0) is 36.4 Å². The van der Waals surface area contributed by atoms with Crippen molar-refractivity contribution in [2.24, 2.45) is 14.1 Å². The highest BCUT2D eigenvalue weighted by Crippen LogP contribution is 2.22. The van der Waals surface area contributed by atoms with Crippen molar-refractivity contribution in [1.82, 2.24) is 14.5 Å². The molecule has 1 N–H and O–H groups in total. The highest BCUT2D eigenvalue weighted by Gasteiger charge is 2.14. The summed E-state index contributed by atoms with van der Waals surface area (Å²) < 4.78 is 20.6. The van der Waals surface area contributed by atoms with Crippen LogP contribution in [0.15, 0.2) is 56.5 Å². The molecule has 3 rings (SSSR count). The van der Waals surface area contributed by atoms with Gasteiger partial charge in [-0.2, -0.15) is 0 Å². The lowest BCUT2D eigenvalue weighted by atomic mass is 10.2. The van der Waals surface area contributed by atoms with Gasteiger partial charge < -0.3 is 9.73 Å². The van der Waals surface area contributed by atoms with E-state index in [1.807, 2.05) is 0 Å². The van der Waals surface area contributed by atoms with Gasteiger partial charge in [0.15, 0.2) is 0 Å². The van der Waals surface area contributed by atoms with Gasteiger partial charge in [0, 0.05) is 25.7 Å². The normalized spacial score (nSPS) is 10.7. The van der Waals surface area contributed by atoms with E-state index in [9.17, 15) is 18.8 Å². The van der Waals surface area contributed by atoms with Crippen molar-refractivity contribution in [1.29, 1.82) is 0 Å². The standard InChI is InChI=1S/C18H16FN3O4/c1-21-14(9-16(23)22(2)18(21)25)17(24)20-10-13-7-8-15(26-13)11-3-5-12(19)6-4-11/h3-9H,10H2,1-2H3,(H,20,24). The van der Waals surface area contributed by atoms with E-state index in [1.54, 1.807) is 24.3 Å². The van der Waals surface area contributed by atoms with Crippen LogP contribution < -0.4 is 16.6 Å². The van der Waals surface area contributed by atoms with Crippen LogP contribution in [-0.2, 0) is 20.6 Å². The maximum absolute atomic E-state index is 13.0. The van der Waals surface area contributed by atoms with Crippen molar-refractivity contribution >= 4 is 5.91 Å². The number of halogens is 1. The lowest BCUT2D eigenvalue weighted by molar-refractivity contribution is 0.0937. The van der Waals surface area contributed by atoms with Gasteiger partial charge in [0.25, 0.3) is 11.5 Å². The Morgan fingerprint density at radius 1 is 1.08 bits per heavy atom. The van der Waals surface area contributed by atoms with E-state index in [2.05, 4.69) is 5.32 Å². The van der Waals surface area contributed by atoms with E-state index in [4.69, 9.17) is 4.42 Å². The number of carbonyl (C=O) groups is 1. The van der Waals surface area contributed by atoms with Crippen LogP contribution in [0.1, 0.15) is 16.2 Å². The number of hydrogen-bond donors (Lipinski definition) is 1. The zero-order chi connectivity index (χ0) is 18.8. The molecule has 0 bridgehead atoms. The molecular formula is C18H16FN3O4. The molecule has 0 saturated heterocycles. The summed E-state index contributed by atoms with van der Waals surface area (Å²) >= 11 is 0. The van der Waals surface area contributed by atoms with Crippen LogP contribution in [0.5, 0.6) is 0 Å². The highest BCUT2D eigenvalue weighted by atomic mass is 19.1. The van der Waals surface area contributed by atoms with Gasteiger partial charge in [0.05, 0.1) is 6.54 Å².